The van der Waals surface area contributed by atoms with Gasteiger partial charge in [-0.1, -0.05) is 48.0 Å². The van der Waals surface area contributed by atoms with E-state index in [4.69, 9.17) is 0 Å². The van der Waals surface area contributed by atoms with E-state index in [1.165, 1.54) is 0 Å². The molecule has 0 bridgehead atoms. The zero-order valence-electron chi connectivity index (χ0n) is 12.0. The number of hydrazone groups is 1. The second-order valence-electron chi connectivity index (χ2n) is 4.75. The van der Waals surface area contributed by atoms with Crippen LogP contribution in [-0.2, 0) is 0 Å². The molecule has 1 amide bonds. The molecule has 2 aromatic rings. The Balaban J connectivity index is 2.01. The zero-order chi connectivity index (χ0) is 15.2. The van der Waals surface area contributed by atoms with Gasteiger partial charge in [-0.15, -0.1) is 0 Å². The van der Waals surface area contributed by atoms with Crippen molar-refractivity contribution in [3.05, 3.63) is 70.8 Å². The molecule has 0 aliphatic carbocycles. The van der Waals surface area contributed by atoms with E-state index >= 15 is 0 Å². The second-order valence-corrected chi connectivity index (χ2v) is 4.75. The normalized spacial score (nSPS) is 10.6. The Morgan fingerprint density at radius 1 is 1.05 bits per heavy atom. The highest BCUT2D eigenvalue weighted by Gasteiger charge is 2.08. The van der Waals surface area contributed by atoms with Gasteiger partial charge in [-0.25, -0.2) is 5.43 Å². The fourth-order valence-corrected chi connectivity index (χ4v) is 1.96. The third kappa shape index (κ3) is 3.86. The lowest BCUT2D eigenvalue weighted by atomic mass is 10.1. The van der Waals surface area contributed by atoms with Crippen LogP contribution in [0.4, 0.5) is 0 Å². The van der Waals surface area contributed by atoms with E-state index in [9.17, 15) is 9.59 Å². The molecule has 4 nitrogen and oxygen atoms in total. The topological polar surface area (TPSA) is 58.5 Å². The summed E-state index contributed by atoms with van der Waals surface area (Å²) in [6.45, 7) is 3.83. The van der Waals surface area contributed by atoms with Crippen molar-refractivity contribution in [2.45, 2.75) is 13.8 Å². The molecule has 0 aliphatic heterocycles. The van der Waals surface area contributed by atoms with Gasteiger partial charge in [-0.05, 0) is 25.5 Å². The third-order valence-electron chi connectivity index (χ3n) is 3.03. The molecule has 0 aliphatic rings. The largest absolute Gasteiger partial charge is 0.287 e. The summed E-state index contributed by atoms with van der Waals surface area (Å²) in [7, 11) is 0. The van der Waals surface area contributed by atoms with E-state index in [0.717, 1.165) is 17.3 Å². The Kier molecular flexibility index (Phi) is 4.61. The first-order chi connectivity index (χ1) is 10.1. The van der Waals surface area contributed by atoms with Crippen LogP contribution in [0.1, 0.15) is 31.8 Å². The molecule has 0 heterocycles. The molecule has 1 N–H and O–H groups in total. The van der Waals surface area contributed by atoms with Gasteiger partial charge >= 0.3 is 0 Å². The number of rotatable bonds is 4. The van der Waals surface area contributed by atoms with Gasteiger partial charge in [0, 0.05) is 11.1 Å². The summed E-state index contributed by atoms with van der Waals surface area (Å²) in [5.74, 6) is -0.582. The van der Waals surface area contributed by atoms with Gasteiger partial charge in [0.15, 0.2) is 0 Å². The van der Waals surface area contributed by atoms with Crippen molar-refractivity contribution in [2.24, 2.45) is 5.10 Å². The van der Waals surface area contributed by atoms with Crippen molar-refractivity contribution in [3.63, 3.8) is 0 Å². The van der Waals surface area contributed by atoms with Gasteiger partial charge in [0.1, 0.15) is 0 Å². The fraction of sp³-hybridized carbons (Fsp3) is 0.118. The number of ketones is 1. The van der Waals surface area contributed by atoms with Crippen molar-refractivity contribution >= 4 is 17.9 Å². The molecule has 2 aromatic carbocycles. The Labute approximate surface area is 123 Å². The summed E-state index contributed by atoms with van der Waals surface area (Å²) in [5, 5.41) is 3.71. The highest BCUT2D eigenvalue weighted by molar-refractivity contribution is 6.35. The summed E-state index contributed by atoms with van der Waals surface area (Å²) in [6, 6.07) is 14.3. The first-order valence-corrected chi connectivity index (χ1v) is 6.58. The molecule has 2 rings (SSSR count). The van der Waals surface area contributed by atoms with E-state index < -0.39 is 0 Å². The quantitative estimate of drug-likeness (QED) is 0.532. The minimum Gasteiger partial charge on any atom is -0.287 e. The number of nitrogens with zero attached hydrogens (tertiary/aromatic N) is 1. The molecular formula is C17H16N2O2. The number of nitrogens with one attached hydrogen (secondary N) is 1. The first-order valence-electron chi connectivity index (χ1n) is 6.58. The van der Waals surface area contributed by atoms with E-state index in [1.807, 2.05) is 32.0 Å². The Morgan fingerprint density at radius 2 is 1.76 bits per heavy atom. The van der Waals surface area contributed by atoms with Gasteiger partial charge in [0.25, 0.3) is 5.91 Å². The molecule has 0 radical (unpaired) electrons. The number of hydrogen-bond acceptors (Lipinski definition) is 3. The molecule has 0 saturated carbocycles. The molecule has 0 spiro atoms. The predicted octanol–water partition coefficient (Wildman–Crippen LogP) is 2.90. The van der Waals surface area contributed by atoms with Crippen LogP contribution in [0.25, 0.3) is 0 Å². The van der Waals surface area contributed by atoms with Gasteiger partial charge in [-0.3, -0.25) is 9.59 Å². The molecular weight excluding hydrogens is 264 g/mol. The number of hydrogen-bond donors (Lipinski definition) is 1. The standard InChI is InChI=1S/C17H16N2O2/c1-12-8-9-15(13(2)10-12)17(21)19-18-11-16(20)14-6-4-3-5-7-14/h3-11H,1-2H3,(H,19,21)/b18-11-. The summed E-state index contributed by atoms with van der Waals surface area (Å²) >= 11 is 0. The summed E-state index contributed by atoms with van der Waals surface area (Å²) in [5.41, 5.74) is 5.41. The average Bonchev–Trinajstić information content (AvgIpc) is 2.47. The van der Waals surface area contributed by atoms with Gasteiger partial charge < -0.3 is 0 Å². The van der Waals surface area contributed by atoms with Crippen LogP contribution < -0.4 is 5.43 Å². The number of benzene rings is 2. The van der Waals surface area contributed by atoms with Crippen molar-refractivity contribution in [2.75, 3.05) is 0 Å². The summed E-state index contributed by atoms with van der Waals surface area (Å²) in [6.07, 6.45) is 1.11. The zero-order valence-corrected chi connectivity index (χ0v) is 12.0. The fourth-order valence-electron chi connectivity index (χ4n) is 1.96. The van der Waals surface area contributed by atoms with Gasteiger partial charge in [0.2, 0.25) is 5.78 Å². The molecule has 21 heavy (non-hydrogen) atoms. The average molecular weight is 280 g/mol. The van der Waals surface area contributed by atoms with Crippen molar-refractivity contribution in [1.82, 2.24) is 5.43 Å². The number of carbonyl (C=O) groups is 2. The molecule has 0 atom stereocenters. The second kappa shape index (κ2) is 6.61. The maximum Gasteiger partial charge on any atom is 0.271 e. The SMILES string of the molecule is Cc1ccc(C(=O)N/N=C\C(=O)c2ccccc2)c(C)c1. The monoisotopic (exact) mass is 280 g/mol. The van der Waals surface area contributed by atoms with Gasteiger partial charge in [0.05, 0.1) is 6.21 Å². The number of aryl methyl sites for hydroxylation is 2. The van der Waals surface area contributed by atoms with Crippen LogP contribution in [0.15, 0.2) is 53.6 Å². The number of Topliss-reactive ketones (excluding diaryl/α,β-unsaturated/α-hetero) is 1. The van der Waals surface area contributed by atoms with Crippen LogP contribution in [-0.4, -0.2) is 17.9 Å². The smallest absolute Gasteiger partial charge is 0.271 e. The van der Waals surface area contributed by atoms with Crippen LogP contribution in [0, 0.1) is 13.8 Å². The van der Waals surface area contributed by atoms with Crippen molar-refractivity contribution in [3.8, 4) is 0 Å². The lowest BCUT2D eigenvalue weighted by molar-refractivity contribution is 0.0954. The summed E-state index contributed by atoms with van der Waals surface area (Å²) < 4.78 is 0. The Morgan fingerprint density at radius 3 is 2.43 bits per heavy atom. The van der Waals surface area contributed by atoms with E-state index in [2.05, 4.69) is 10.5 Å². The van der Waals surface area contributed by atoms with E-state index in [-0.39, 0.29) is 11.7 Å². The number of amides is 1. The third-order valence-corrected chi connectivity index (χ3v) is 3.03. The van der Waals surface area contributed by atoms with E-state index in [1.54, 1.807) is 30.3 Å². The number of carbonyl (C=O) groups excluding carboxylic acids is 2. The van der Waals surface area contributed by atoms with Crippen molar-refractivity contribution < 1.29 is 9.59 Å². The minimum absolute atomic E-state index is 0.253. The molecule has 0 unspecified atom stereocenters. The lowest BCUT2D eigenvalue weighted by Gasteiger charge is -2.04. The first kappa shape index (κ1) is 14.7. The predicted molar refractivity (Wildman–Crippen MR) is 82.6 cm³/mol. The molecule has 0 fully saturated rings. The highest BCUT2D eigenvalue weighted by atomic mass is 16.2. The van der Waals surface area contributed by atoms with E-state index in [0.29, 0.717) is 11.1 Å². The Hall–Kier alpha value is -2.75. The molecule has 4 heteroatoms. The summed E-state index contributed by atoms with van der Waals surface area (Å²) in [4.78, 5) is 23.7. The molecule has 106 valence electrons. The van der Waals surface area contributed by atoms with Gasteiger partial charge in [-0.2, -0.15) is 5.10 Å². The molecule has 0 aromatic heterocycles. The maximum absolute atomic E-state index is 12.0. The van der Waals surface area contributed by atoms with Crippen LogP contribution in [0.5, 0.6) is 0 Å². The van der Waals surface area contributed by atoms with Crippen LogP contribution >= 0.6 is 0 Å². The van der Waals surface area contributed by atoms with Crippen LogP contribution in [0.2, 0.25) is 0 Å². The van der Waals surface area contributed by atoms with Crippen molar-refractivity contribution in [1.29, 1.82) is 0 Å². The highest BCUT2D eigenvalue weighted by Crippen LogP contribution is 2.10. The van der Waals surface area contributed by atoms with Crippen LogP contribution in [0.3, 0.4) is 0 Å². The molecule has 0 saturated heterocycles. The Bertz CT molecular complexity index is 691. The lowest BCUT2D eigenvalue weighted by Crippen LogP contribution is -2.19. The maximum atomic E-state index is 12.0. The minimum atomic E-state index is -0.329.